The zero-order valence-corrected chi connectivity index (χ0v) is 14.7. The van der Waals surface area contributed by atoms with Crippen LogP contribution in [0.4, 0.5) is 5.69 Å². The average molecular weight is 356 g/mol. The minimum Gasteiger partial charge on any atom is -0.416 e. The van der Waals surface area contributed by atoms with E-state index in [1.54, 1.807) is 12.1 Å². The van der Waals surface area contributed by atoms with E-state index >= 15 is 0 Å². The molecule has 1 N–H and O–H groups in total. The molecule has 1 heterocycles. The number of carbonyl (C=O) groups is 1. The molecular weight excluding hydrogens is 336 g/mol. The molecule has 0 aliphatic heterocycles. The molecule has 0 saturated heterocycles. The van der Waals surface area contributed by atoms with Gasteiger partial charge < -0.3 is 9.73 Å². The van der Waals surface area contributed by atoms with Gasteiger partial charge in [-0.05, 0) is 30.5 Å². The number of nitrogens with one attached hydrogen (secondary N) is 1. The monoisotopic (exact) mass is 356 g/mol. The molecule has 1 aromatic heterocycles. The van der Waals surface area contributed by atoms with Crippen molar-refractivity contribution in [2.24, 2.45) is 0 Å². The Morgan fingerprint density at radius 2 is 2.00 bits per heavy atom. The van der Waals surface area contributed by atoms with Crippen LogP contribution in [0.3, 0.4) is 0 Å². The number of hydrogen-bond acceptors (Lipinski definition) is 6. The second kappa shape index (κ2) is 8.67. The van der Waals surface area contributed by atoms with Gasteiger partial charge in [-0.2, -0.15) is 5.26 Å². The molecule has 130 valence electrons. The lowest BCUT2D eigenvalue weighted by atomic mass is 9.89. The van der Waals surface area contributed by atoms with Crippen LogP contribution in [0.1, 0.15) is 49.5 Å². The van der Waals surface area contributed by atoms with E-state index in [1.807, 2.05) is 12.1 Å². The van der Waals surface area contributed by atoms with Crippen LogP contribution in [-0.4, -0.2) is 21.9 Å². The first-order valence-corrected chi connectivity index (χ1v) is 9.45. The molecule has 1 fully saturated rings. The quantitative estimate of drug-likeness (QED) is 0.789. The van der Waals surface area contributed by atoms with Gasteiger partial charge in [0.05, 0.1) is 18.2 Å². The summed E-state index contributed by atoms with van der Waals surface area (Å²) in [5.74, 6) is 1.16. The van der Waals surface area contributed by atoms with Gasteiger partial charge in [0.25, 0.3) is 5.22 Å². The van der Waals surface area contributed by atoms with Gasteiger partial charge in [-0.15, -0.1) is 10.2 Å². The smallest absolute Gasteiger partial charge is 0.277 e. The molecule has 0 atom stereocenters. The summed E-state index contributed by atoms with van der Waals surface area (Å²) < 4.78 is 5.70. The standard InChI is InChI=1S/C18H20N4O2S/c19-11-10-13-6-8-15(9-7-13)20-16(23)12-25-18-22-21-17(24-18)14-4-2-1-3-5-14/h6-9,14H,1-5,10,12H2,(H,20,23). The van der Waals surface area contributed by atoms with E-state index in [9.17, 15) is 4.79 Å². The highest BCUT2D eigenvalue weighted by Gasteiger charge is 2.21. The first kappa shape index (κ1) is 17.5. The van der Waals surface area contributed by atoms with Crippen molar-refractivity contribution in [3.05, 3.63) is 35.7 Å². The van der Waals surface area contributed by atoms with Crippen LogP contribution in [0.25, 0.3) is 0 Å². The van der Waals surface area contributed by atoms with E-state index in [2.05, 4.69) is 21.6 Å². The Hall–Kier alpha value is -2.33. The maximum absolute atomic E-state index is 12.0. The fourth-order valence-corrected chi connectivity index (χ4v) is 3.48. The van der Waals surface area contributed by atoms with Crippen molar-refractivity contribution in [3.8, 4) is 6.07 Å². The number of benzene rings is 1. The molecule has 1 saturated carbocycles. The highest BCUT2D eigenvalue weighted by molar-refractivity contribution is 7.99. The Kier molecular flexibility index (Phi) is 6.07. The minimum atomic E-state index is -0.129. The van der Waals surface area contributed by atoms with Gasteiger partial charge in [-0.25, -0.2) is 0 Å². The Balaban J connectivity index is 1.47. The normalized spacial score (nSPS) is 14.8. The molecule has 0 radical (unpaired) electrons. The molecule has 7 heteroatoms. The van der Waals surface area contributed by atoms with Gasteiger partial charge in [0, 0.05) is 11.6 Å². The molecule has 1 amide bonds. The summed E-state index contributed by atoms with van der Waals surface area (Å²) in [4.78, 5) is 12.0. The van der Waals surface area contributed by atoms with Crippen molar-refractivity contribution >= 4 is 23.4 Å². The Morgan fingerprint density at radius 3 is 2.72 bits per heavy atom. The Bertz CT molecular complexity index is 745. The summed E-state index contributed by atoms with van der Waals surface area (Å²) >= 11 is 1.25. The van der Waals surface area contributed by atoms with E-state index in [0.717, 1.165) is 18.4 Å². The summed E-state index contributed by atoms with van der Waals surface area (Å²) in [6, 6.07) is 9.35. The first-order chi connectivity index (χ1) is 12.2. The predicted molar refractivity (Wildman–Crippen MR) is 95.2 cm³/mol. The number of rotatable bonds is 6. The molecule has 0 unspecified atom stereocenters. The molecule has 25 heavy (non-hydrogen) atoms. The maximum atomic E-state index is 12.0. The molecule has 3 rings (SSSR count). The van der Waals surface area contributed by atoms with Crippen LogP contribution in [-0.2, 0) is 11.2 Å². The zero-order valence-electron chi connectivity index (χ0n) is 13.9. The molecule has 1 aromatic carbocycles. The molecular formula is C18H20N4O2S. The molecule has 0 bridgehead atoms. The average Bonchev–Trinajstić information content (AvgIpc) is 3.12. The van der Waals surface area contributed by atoms with E-state index in [1.165, 1.54) is 31.0 Å². The lowest BCUT2D eigenvalue weighted by molar-refractivity contribution is -0.113. The number of nitriles is 1. The summed E-state index contributed by atoms with van der Waals surface area (Å²) in [7, 11) is 0. The van der Waals surface area contributed by atoms with Crippen LogP contribution < -0.4 is 5.32 Å². The number of thioether (sulfide) groups is 1. The molecule has 1 aliphatic rings. The van der Waals surface area contributed by atoms with Gasteiger partial charge in [-0.1, -0.05) is 43.2 Å². The van der Waals surface area contributed by atoms with Gasteiger partial charge in [0.1, 0.15) is 0 Å². The van der Waals surface area contributed by atoms with Crippen molar-refractivity contribution in [2.75, 3.05) is 11.1 Å². The number of amides is 1. The maximum Gasteiger partial charge on any atom is 0.277 e. The second-order valence-corrected chi connectivity index (χ2v) is 7.04. The topological polar surface area (TPSA) is 91.8 Å². The van der Waals surface area contributed by atoms with E-state index in [0.29, 0.717) is 29.1 Å². The number of anilines is 1. The highest BCUT2D eigenvalue weighted by atomic mass is 32.2. The van der Waals surface area contributed by atoms with Gasteiger partial charge in [-0.3, -0.25) is 4.79 Å². The zero-order chi connectivity index (χ0) is 17.5. The van der Waals surface area contributed by atoms with Gasteiger partial charge in [0.2, 0.25) is 11.8 Å². The second-order valence-electron chi connectivity index (χ2n) is 6.11. The van der Waals surface area contributed by atoms with Crippen LogP contribution >= 0.6 is 11.8 Å². The summed E-state index contributed by atoms with van der Waals surface area (Å²) in [5.41, 5.74) is 1.64. The van der Waals surface area contributed by atoms with Crippen LogP contribution in [0.15, 0.2) is 33.9 Å². The fourth-order valence-electron chi connectivity index (χ4n) is 2.91. The fraction of sp³-hybridized carbons (Fsp3) is 0.444. The SMILES string of the molecule is N#CCc1ccc(NC(=O)CSc2nnc(C3CCCCC3)o2)cc1. The summed E-state index contributed by atoms with van der Waals surface area (Å²) in [5, 5.41) is 20.1. The first-order valence-electron chi connectivity index (χ1n) is 8.46. The third-order valence-electron chi connectivity index (χ3n) is 4.22. The van der Waals surface area contributed by atoms with E-state index in [-0.39, 0.29) is 11.7 Å². The van der Waals surface area contributed by atoms with Crippen LogP contribution in [0.5, 0.6) is 0 Å². The van der Waals surface area contributed by atoms with E-state index in [4.69, 9.17) is 9.68 Å². The minimum absolute atomic E-state index is 0.129. The summed E-state index contributed by atoms with van der Waals surface area (Å²) in [6.07, 6.45) is 6.29. The van der Waals surface area contributed by atoms with Crippen LogP contribution in [0.2, 0.25) is 0 Å². The number of nitrogens with zero attached hydrogens (tertiary/aromatic N) is 3. The van der Waals surface area contributed by atoms with Crippen molar-refractivity contribution < 1.29 is 9.21 Å². The third-order valence-corrected chi connectivity index (χ3v) is 5.04. The van der Waals surface area contributed by atoms with E-state index < -0.39 is 0 Å². The van der Waals surface area contributed by atoms with Crippen molar-refractivity contribution in [1.82, 2.24) is 10.2 Å². The van der Waals surface area contributed by atoms with Gasteiger partial charge in [0.15, 0.2) is 0 Å². The van der Waals surface area contributed by atoms with Crippen molar-refractivity contribution in [2.45, 2.75) is 49.7 Å². The third kappa shape index (κ3) is 5.07. The highest BCUT2D eigenvalue weighted by Crippen LogP contribution is 2.32. The molecule has 1 aliphatic carbocycles. The van der Waals surface area contributed by atoms with Gasteiger partial charge >= 0.3 is 0 Å². The largest absolute Gasteiger partial charge is 0.416 e. The Labute approximate surface area is 151 Å². The number of aromatic nitrogens is 2. The van der Waals surface area contributed by atoms with Crippen LogP contribution in [0, 0.1) is 11.3 Å². The lowest BCUT2D eigenvalue weighted by Gasteiger charge is -2.17. The van der Waals surface area contributed by atoms with Crippen molar-refractivity contribution in [1.29, 1.82) is 5.26 Å². The lowest BCUT2D eigenvalue weighted by Crippen LogP contribution is -2.13. The number of carbonyl (C=O) groups excluding carboxylic acids is 1. The molecule has 0 spiro atoms. The molecule has 2 aromatic rings. The Morgan fingerprint density at radius 1 is 1.24 bits per heavy atom. The predicted octanol–water partition coefficient (Wildman–Crippen LogP) is 3.91. The number of hydrogen-bond donors (Lipinski definition) is 1. The summed E-state index contributed by atoms with van der Waals surface area (Å²) in [6.45, 7) is 0. The molecule has 6 nitrogen and oxygen atoms in total. The van der Waals surface area contributed by atoms with Crippen molar-refractivity contribution in [3.63, 3.8) is 0 Å².